The first-order valence-electron chi connectivity index (χ1n) is 11.2. The Labute approximate surface area is 231 Å². The lowest BCUT2D eigenvalue weighted by molar-refractivity contribution is -0.139. The second-order valence-electron chi connectivity index (χ2n) is 8.58. The highest BCUT2D eigenvalue weighted by atomic mass is 35.5. The summed E-state index contributed by atoms with van der Waals surface area (Å²) in [6.45, 7) is 1.62. The largest absolute Gasteiger partial charge is 0.768 e. The number of rotatable bonds is 8. The van der Waals surface area contributed by atoms with Crippen LogP contribution in [0.5, 0.6) is 0 Å². The van der Waals surface area contributed by atoms with Gasteiger partial charge in [0, 0.05) is 50.0 Å². The molecule has 0 aliphatic carbocycles. The molecular weight excluding hydrogens is 568 g/mol. The number of hydrogen-bond acceptors (Lipinski definition) is 6. The van der Waals surface area contributed by atoms with E-state index in [-0.39, 0.29) is 27.9 Å². The number of halogens is 2. The highest BCUT2D eigenvalue weighted by Crippen LogP contribution is 2.39. The minimum absolute atomic E-state index is 0.0466. The van der Waals surface area contributed by atoms with Crippen LogP contribution in [-0.4, -0.2) is 32.5 Å². The summed E-state index contributed by atoms with van der Waals surface area (Å²) in [5, 5.41) is 14.6. The average molecular weight is 589 g/mol. The lowest BCUT2D eigenvalue weighted by Crippen LogP contribution is -2.38. The number of hydrogen-bond donors (Lipinski definition) is 2. The van der Waals surface area contributed by atoms with E-state index in [9.17, 15) is 23.2 Å². The second-order valence-corrected chi connectivity index (χ2v) is 12.9. The highest BCUT2D eigenvalue weighted by Gasteiger charge is 2.20. The van der Waals surface area contributed by atoms with Crippen molar-refractivity contribution in [2.24, 2.45) is 0 Å². The molecule has 0 bridgehead atoms. The van der Waals surface area contributed by atoms with Gasteiger partial charge in [0.1, 0.15) is 11.6 Å². The molecule has 1 aromatic heterocycles. The quantitative estimate of drug-likeness (QED) is 0.161. The van der Waals surface area contributed by atoms with Gasteiger partial charge in [-0.2, -0.15) is 0 Å². The zero-order valence-corrected chi connectivity index (χ0v) is 23.2. The van der Waals surface area contributed by atoms with Crippen molar-refractivity contribution in [3.8, 4) is 11.6 Å². The van der Waals surface area contributed by atoms with Crippen LogP contribution in [0.25, 0.3) is 11.0 Å². The zero-order chi connectivity index (χ0) is 27.4. The van der Waals surface area contributed by atoms with Crippen LogP contribution in [-0.2, 0) is 33.4 Å². The summed E-state index contributed by atoms with van der Waals surface area (Å²) >= 11 is 10.5. The summed E-state index contributed by atoms with van der Waals surface area (Å²) in [7, 11) is -3.04. The SMILES string of the molecule is CP(=O)(C#Cc1cc(Cl)c(CN[C@@H](Cc2cccc(S(=O)[O-])c2)C(=O)O)c(Cl)c1)c1ccc2ccoc2c1. The van der Waals surface area contributed by atoms with E-state index in [0.29, 0.717) is 27.6 Å². The molecule has 3 atom stereocenters. The molecule has 0 radical (unpaired) electrons. The maximum Gasteiger partial charge on any atom is 0.321 e. The molecule has 11 heteroatoms. The van der Waals surface area contributed by atoms with E-state index in [4.69, 9.17) is 27.6 Å². The van der Waals surface area contributed by atoms with Gasteiger partial charge < -0.3 is 18.6 Å². The van der Waals surface area contributed by atoms with Crippen molar-refractivity contribution in [3.63, 3.8) is 0 Å². The number of benzene rings is 3. The Balaban J connectivity index is 1.49. The molecule has 0 aliphatic heterocycles. The Kier molecular flexibility index (Phi) is 8.79. The summed E-state index contributed by atoms with van der Waals surface area (Å²) in [4.78, 5) is 11.9. The van der Waals surface area contributed by atoms with Crippen molar-refractivity contribution >= 4 is 63.7 Å². The standard InChI is InChI=1S/C27H22Cl2NO6PS/c1-37(33,20-6-5-19-7-9-36-26(19)15-20)10-8-18-12-23(28)22(24(29)13-18)16-30-25(27(31)32)14-17-3-2-4-21(11-17)38(34)35/h2-7,9,11-13,15,25,30H,14,16H2,1H3,(H,31,32)(H,34,35)/p-1/t25-,37?/m0/s1. The molecule has 0 aliphatic rings. The Morgan fingerprint density at radius 2 is 1.89 bits per heavy atom. The lowest BCUT2D eigenvalue weighted by Gasteiger charge is -2.17. The smallest absolute Gasteiger partial charge is 0.321 e. The maximum atomic E-state index is 13.3. The summed E-state index contributed by atoms with van der Waals surface area (Å²) in [5.41, 5.74) is 4.94. The Morgan fingerprint density at radius 3 is 2.58 bits per heavy atom. The molecule has 0 fully saturated rings. The predicted molar refractivity (Wildman–Crippen MR) is 148 cm³/mol. The number of carbonyl (C=O) groups is 1. The van der Waals surface area contributed by atoms with Crippen molar-refractivity contribution in [2.75, 3.05) is 6.66 Å². The van der Waals surface area contributed by atoms with Crippen LogP contribution in [0.4, 0.5) is 0 Å². The summed E-state index contributed by atoms with van der Waals surface area (Å²) in [5.74, 6) is 1.78. The number of furan rings is 1. The predicted octanol–water partition coefficient (Wildman–Crippen LogP) is 5.39. The molecule has 4 aromatic rings. The molecule has 2 N–H and O–H groups in total. The van der Waals surface area contributed by atoms with Crippen LogP contribution in [0.15, 0.2) is 76.2 Å². The number of carboxylic acid groups (broad SMARTS) is 1. The van der Waals surface area contributed by atoms with Crippen LogP contribution >= 0.6 is 30.3 Å². The fourth-order valence-corrected chi connectivity index (χ4v) is 6.02. The second kappa shape index (κ2) is 11.9. The fraction of sp³-hybridized carbons (Fsp3) is 0.148. The molecule has 0 saturated carbocycles. The molecule has 4 rings (SSSR count). The van der Waals surface area contributed by atoms with Gasteiger partial charge >= 0.3 is 5.97 Å². The van der Waals surface area contributed by atoms with Gasteiger partial charge in [0.25, 0.3) is 0 Å². The molecule has 0 amide bonds. The van der Waals surface area contributed by atoms with Crippen molar-refractivity contribution in [1.29, 1.82) is 0 Å². The van der Waals surface area contributed by atoms with Crippen LogP contribution < -0.4 is 10.6 Å². The fourth-order valence-electron chi connectivity index (χ4n) is 3.77. The monoisotopic (exact) mass is 588 g/mol. The van der Waals surface area contributed by atoms with Crippen LogP contribution in [0.3, 0.4) is 0 Å². The van der Waals surface area contributed by atoms with Gasteiger partial charge in [-0.3, -0.25) is 14.3 Å². The van der Waals surface area contributed by atoms with Crippen molar-refractivity contribution in [3.05, 3.63) is 93.7 Å². The first-order chi connectivity index (χ1) is 18.0. The Bertz CT molecular complexity index is 1640. The number of fused-ring (bicyclic) bond motifs is 1. The third kappa shape index (κ3) is 6.75. The Hall–Kier alpha value is -2.89. The van der Waals surface area contributed by atoms with E-state index in [1.165, 1.54) is 12.1 Å². The molecule has 1 heterocycles. The van der Waals surface area contributed by atoms with E-state index < -0.39 is 30.2 Å². The summed E-state index contributed by atoms with van der Waals surface area (Å²) < 4.78 is 41.1. The van der Waals surface area contributed by atoms with Crippen LogP contribution in [0.1, 0.15) is 16.7 Å². The normalized spacial score (nSPS) is 14.3. The van der Waals surface area contributed by atoms with Crippen LogP contribution in [0, 0.1) is 11.6 Å². The van der Waals surface area contributed by atoms with E-state index in [0.717, 1.165) is 5.39 Å². The van der Waals surface area contributed by atoms with Gasteiger partial charge in [-0.25, -0.2) is 0 Å². The van der Waals surface area contributed by atoms with Gasteiger partial charge in [0.2, 0.25) is 0 Å². The first-order valence-corrected chi connectivity index (χ1v) is 15.2. The molecular formula is C27H21Cl2NO6PS-. The summed E-state index contributed by atoms with van der Waals surface area (Å²) in [6.07, 6.45) is 1.62. The maximum absolute atomic E-state index is 13.3. The molecule has 7 nitrogen and oxygen atoms in total. The first kappa shape index (κ1) is 28.1. The van der Waals surface area contributed by atoms with Gasteiger partial charge in [0.05, 0.1) is 6.26 Å². The minimum Gasteiger partial charge on any atom is -0.768 e. The van der Waals surface area contributed by atoms with Gasteiger partial charge in [0.15, 0.2) is 7.14 Å². The molecule has 0 spiro atoms. The van der Waals surface area contributed by atoms with Crippen LogP contribution in [0.2, 0.25) is 10.0 Å². The van der Waals surface area contributed by atoms with Gasteiger partial charge in [-0.15, -0.1) is 0 Å². The molecule has 0 saturated heterocycles. The molecule has 196 valence electrons. The lowest BCUT2D eigenvalue weighted by atomic mass is 10.1. The number of nitrogens with one attached hydrogen (secondary N) is 1. The van der Waals surface area contributed by atoms with E-state index >= 15 is 0 Å². The number of aliphatic carboxylic acids is 1. The third-order valence-corrected chi connectivity index (χ3v) is 8.96. The topological polar surface area (TPSA) is 120 Å². The molecule has 2 unspecified atom stereocenters. The highest BCUT2D eigenvalue weighted by molar-refractivity contribution is 7.79. The average Bonchev–Trinajstić information content (AvgIpc) is 3.34. The van der Waals surface area contributed by atoms with E-state index in [1.807, 2.05) is 12.1 Å². The molecule has 3 aromatic carbocycles. The van der Waals surface area contributed by atoms with E-state index in [2.05, 4.69) is 16.9 Å². The van der Waals surface area contributed by atoms with Gasteiger partial charge in [-0.05, 0) is 71.2 Å². The van der Waals surface area contributed by atoms with E-state index in [1.54, 1.807) is 49.3 Å². The van der Waals surface area contributed by atoms with Crippen molar-refractivity contribution in [2.45, 2.75) is 23.9 Å². The molecule has 38 heavy (non-hydrogen) atoms. The Morgan fingerprint density at radius 1 is 1.16 bits per heavy atom. The number of carboxylic acids is 1. The van der Waals surface area contributed by atoms with Gasteiger partial charge in [-0.1, -0.05) is 47.3 Å². The third-order valence-electron chi connectivity index (χ3n) is 5.84. The van der Waals surface area contributed by atoms with Crippen molar-refractivity contribution < 1.29 is 27.6 Å². The zero-order valence-electron chi connectivity index (χ0n) is 19.9. The van der Waals surface area contributed by atoms with Crippen molar-refractivity contribution in [1.82, 2.24) is 5.32 Å². The summed E-state index contributed by atoms with van der Waals surface area (Å²) in [6, 6.07) is 15.3. The minimum atomic E-state index is -3.04.